The summed E-state index contributed by atoms with van der Waals surface area (Å²) in [5.74, 6) is 1.30. The van der Waals surface area contributed by atoms with Gasteiger partial charge in [0.25, 0.3) is 0 Å². The molecule has 0 amide bonds. The quantitative estimate of drug-likeness (QED) is 0.499. The van der Waals surface area contributed by atoms with Crippen LogP contribution in [0.4, 0.5) is 13.2 Å². The first kappa shape index (κ1) is 19.1. The zero-order chi connectivity index (χ0) is 18.8. The second-order valence-electron chi connectivity index (χ2n) is 9.02. The second-order valence-corrected chi connectivity index (χ2v) is 9.02. The van der Waals surface area contributed by atoms with Gasteiger partial charge < -0.3 is 0 Å². The van der Waals surface area contributed by atoms with E-state index in [-0.39, 0.29) is 5.56 Å². The second kappa shape index (κ2) is 8.41. The molecule has 3 heteroatoms. The lowest BCUT2D eigenvalue weighted by Crippen LogP contribution is -2.17. The maximum absolute atomic E-state index is 14.0. The van der Waals surface area contributed by atoms with Gasteiger partial charge in [-0.25, -0.2) is 13.2 Å². The normalized spacial score (nSPS) is 32.0. The van der Waals surface area contributed by atoms with Gasteiger partial charge in [-0.3, -0.25) is 0 Å². The van der Waals surface area contributed by atoms with Crippen molar-refractivity contribution < 1.29 is 13.2 Å². The van der Waals surface area contributed by atoms with E-state index in [9.17, 15) is 13.2 Å². The van der Waals surface area contributed by atoms with Crippen molar-refractivity contribution in [1.29, 1.82) is 0 Å². The van der Waals surface area contributed by atoms with Crippen LogP contribution in [0.1, 0.15) is 99.4 Å². The minimum atomic E-state index is -2.15. The van der Waals surface area contributed by atoms with E-state index in [4.69, 9.17) is 0 Å². The molecule has 148 valence electrons. The van der Waals surface area contributed by atoms with Gasteiger partial charge in [0.1, 0.15) is 5.83 Å². The van der Waals surface area contributed by atoms with Gasteiger partial charge in [-0.2, -0.15) is 0 Å². The molecule has 1 aromatic carbocycles. The fourth-order valence-corrected chi connectivity index (χ4v) is 5.48. The molecule has 0 saturated heterocycles. The van der Waals surface area contributed by atoms with Gasteiger partial charge in [-0.1, -0.05) is 63.1 Å². The Kier molecular flexibility index (Phi) is 5.94. The Morgan fingerprint density at radius 3 is 2.15 bits per heavy atom. The number of fused-ring (bicyclic) bond motifs is 1. The lowest BCUT2D eigenvalue weighted by molar-refractivity contribution is 0.173. The van der Waals surface area contributed by atoms with Gasteiger partial charge >= 0.3 is 0 Å². The SMILES string of the molecule is FC1=Cc2cc(C3CCC(CCC4CCCCC4)CC3)ccc2C(F)C1F. The van der Waals surface area contributed by atoms with Crippen LogP contribution in [0, 0.1) is 11.8 Å². The van der Waals surface area contributed by atoms with Crippen LogP contribution in [0.3, 0.4) is 0 Å². The third-order valence-electron chi connectivity index (χ3n) is 7.25. The van der Waals surface area contributed by atoms with Gasteiger partial charge in [-0.15, -0.1) is 0 Å². The first-order chi connectivity index (χ1) is 13.1. The van der Waals surface area contributed by atoms with E-state index in [1.807, 2.05) is 12.1 Å². The summed E-state index contributed by atoms with van der Waals surface area (Å²) in [5, 5.41) is 0. The topological polar surface area (TPSA) is 0 Å². The molecular formula is C24H31F3. The summed E-state index contributed by atoms with van der Waals surface area (Å²) in [4.78, 5) is 0. The smallest absolute Gasteiger partial charge is 0.186 e. The van der Waals surface area contributed by atoms with Crippen LogP contribution in [-0.4, -0.2) is 6.17 Å². The Morgan fingerprint density at radius 1 is 0.778 bits per heavy atom. The Bertz CT molecular complexity index is 666. The number of alkyl halides is 2. The van der Waals surface area contributed by atoms with E-state index < -0.39 is 18.2 Å². The molecule has 4 rings (SSSR count). The number of allylic oxidation sites excluding steroid dienone is 1. The molecule has 0 N–H and O–H groups in total. The first-order valence-corrected chi connectivity index (χ1v) is 10.9. The zero-order valence-electron chi connectivity index (χ0n) is 16.1. The predicted molar refractivity (Wildman–Crippen MR) is 105 cm³/mol. The standard InChI is InChI=1S/C24H31F3/c25-22-15-20-14-19(12-13-21(20)23(26)24(22)27)18-10-8-17(9-11-18)7-6-16-4-2-1-3-5-16/h12-18,23-24H,1-11H2. The van der Waals surface area contributed by atoms with Crippen molar-refractivity contribution in [2.75, 3.05) is 0 Å². The molecule has 27 heavy (non-hydrogen) atoms. The van der Waals surface area contributed by atoms with E-state index >= 15 is 0 Å². The van der Waals surface area contributed by atoms with Gasteiger partial charge in [0, 0.05) is 0 Å². The molecule has 2 saturated carbocycles. The molecule has 0 aromatic heterocycles. The zero-order valence-corrected chi connectivity index (χ0v) is 16.1. The highest BCUT2D eigenvalue weighted by molar-refractivity contribution is 5.61. The summed E-state index contributed by atoms with van der Waals surface area (Å²) < 4.78 is 41.2. The molecule has 0 aliphatic heterocycles. The average Bonchev–Trinajstić information content (AvgIpc) is 2.71. The Balaban J connectivity index is 1.33. The maximum atomic E-state index is 14.0. The van der Waals surface area contributed by atoms with Crippen molar-refractivity contribution in [1.82, 2.24) is 0 Å². The highest BCUT2D eigenvalue weighted by Gasteiger charge is 2.33. The van der Waals surface area contributed by atoms with Crippen LogP contribution in [0.2, 0.25) is 0 Å². The summed E-state index contributed by atoms with van der Waals surface area (Å²) in [6, 6.07) is 5.49. The Labute approximate surface area is 161 Å². The minimum Gasteiger partial charge on any atom is -0.239 e. The molecule has 2 fully saturated rings. The molecule has 0 heterocycles. The highest BCUT2D eigenvalue weighted by Crippen LogP contribution is 2.42. The van der Waals surface area contributed by atoms with Gasteiger partial charge in [0.2, 0.25) is 0 Å². The van der Waals surface area contributed by atoms with Crippen LogP contribution < -0.4 is 0 Å². The number of hydrogen-bond acceptors (Lipinski definition) is 0. The van der Waals surface area contributed by atoms with Gasteiger partial charge in [0.15, 0.2) is 12.3 Å². The van der Waals surface area contributed by atoms with E-state index in [1.54, 1.807) is 6.07 Å². The molecule has 3 aliphatic rings. The Morgan fingerprint density at radius 2 is 1.44 bits per heavy atom. The fraction of sp³-hybridized carbons (Fsp3) is 0.667. The molecule has 0 nitrogen and oxygen atoms in total. The third kappa shape index (κ3) is 4.27. The van der Waals surface area contributed by atoms with Crippen molar-refractivity contribution in [2.45, 2.75) is 88.9 Å². The highest BCUT2D eigenvalue weighted by atomic mass is 19.2. The summed E-state index contributed by atoms with van der Waals surface area (Å²) in [7, 11) is 0. The monoisotopic (exact) mass is 376 g/mol. The average molecular weight is 377 g/mol. The number of halogens is 3. The summed E-state index contributed by atoms with van der Waals surface area (Å²) in [5.41, 5.74) is 1.97. The van der Waals surface area contributed by atoms with Gasteiger partial charge in [-0.05, 0) is 66.2 Å². The van der Waals surface area contributed by atoms with Crippen LogP contribution in [0.25, 0.3) is 6.08 Å². The molecule has 2 unspecified atom stereocenters. The van der Waals surface area contributed by atoms with Crippen molar-refractivity contribution in [3.05, 3.63) is 40.7 Å². The molecular weight excluding hydrogens is 345 g/mol. The minimum absolute atomic E-state index is 0.286. The van der Waals surface area contributed by atoms with E-state index in [1.165, 1.54) is 63.9 Å². The van der Waals surface area contributed by atoms with Crippen molar-refractivity contribution in [3.8, 4) is 0 Å². The van der Waals surface area contributed by atoms with Crippen molar-refractivity contribution in [3.63, 3.8) is 0 Å². The lowest BCUT2D eigenvalue weighted by Gasteiger charge is -2.31. The third-order valence-corrected chi connectivity index (χ3v) is 7.25. The fourth-order valence-electron chi connectivity index (χ4n) is 5.48. The lowest BCUT2D eigenvalue weighted by atomic mass is 9.75. The van der Waals surface area contributed by atoms with Crippen molar-refractivity contribution in [2.24, 2.45) is 11.8 Å². The van der Waals surface area contributed by atoms with Crippen LogP contribution >= 0.6 is 0 Å². The largest absolute Gasteiger partial charge is 0.239 e. The number of rotatable bonds is 4. The predicted octanol–water partition coefficient (Wildman–Crippen LogP) is 7.99. The van der Waals surface area contributed by atoms with E-state index in [0.29, 0.717) is 11.5 Å². The van der Waals surface area contributed by atoms with Gasteiger partial charge in [0.05, 0.1) is 0 Å². The molecule has 2 atom stereocenters. The van der Waals surface area contributed by atoms with E-state index in [2.05, 4.69) is 0 Å². The van der Waals surface area contributed by atoms with E-state index in [0.717, 1.165) is 30.2 Å². The van der Waals surface area contributed by atoms with Crippen molar-refractivity contribution >= 4 is 6.08 Å². The maximum Gasteiger partial charge on any atom is 0.186 e. The molecule has 0 radical (unpaired) electrons. The molecule has 1 aromatic rings. The van der Waals surface area contributed by atoms with Crippen LogP contribution in [0.15, 0.2) is 24.0 Å². The molecule has 0 spiro atoms. The summed E-state index contributed by atoms with van der Waals surface area (Å²) in [6.45, 7) is 0. The summed E-state index contributed by atoms with van der Waals surface area (Å²) >= 11 is 0. The van der Waals surface area contributed by atoms with Crippen LogP contribution in [0.5, 0.6) is 0 Å². The summed E-state index contributed by atoms with van der Waals surface area (Å²) in [6.07, 6.45) is 11.9. The number of benzene rings is 1. The molecule has 3 aliphatic carbocycles. The van der Waals surface area contributed by atoms with Crippen LogP contribution in [-0.2, 0) is 0 Å². The molecule has 0 bridgehead atoms. The Hall–Kier alpha value is -1.25. The first-order valence-electron chi connectivity index (χ1n) is 10.9. The number of hydrogen-bond donors (Lipinski definition) is 0.